The van der Waals surface area contributed by atoms with Crippen LogP contribution in [0.4, 0.5) is 0 Å². The van der Waals surface area contributed by atoms with Gasteiger partial charge in [-0.1, -0.05) is 23.8 Å². The lowest BCUT2D eigenvalue weighted by molar-refractivity contribution is -0.125. The molecule has 0 bridgehead atoms. The molecule has 3 N–H and O–H groups in total. The lowest BCUT2D eigenvalue weighted by Crippen LogP contribution is -2.30. The highest BCUT2D eigenvalue weighted by Crippen LogP contribution is 2.09. The molecule has 1 aliphatic carbocycles. The van der Waals surface area contributed by atoms with E-state index in [1.807, 2.05) is 12.2 Å². The van der Waals surface area contributed by atoms with E-state index in [0.29, 0.717) is 6.54 Å². The minimum atomic E-state index is -0.182. The third kappa shape index (κ3) is 3.87. The Bertz CT molecular complexity index is 234. The average Bonchev–Trinajstić information content (AvgIpc) is 2.17. The predicted octanol–water partition coefficient (Wildman–Crippen LogP) is 0.269. The van der Waals surface area contributed by atoms with Gasteiger partial charge < -0.3 is 5.32 Å². The zero-order valence-electron chi connectivity index (χ0n) is 7.45. The van der Waals surface area contributed by atoms with Crippen LogP contribution in [0.2, 0.25) is 0 Å². The molecule has 0 aromatic rings. The maximum atomic E-state index is 10.9. The highest BCUT2D eigenvalue weighted by atomic mass is 16.6. The Labute approximate surface area is 77.4 Å². The highest BCUT2D eigenvalue weighted by molar-refractivity contribution is 5.77. The molecule has 0 aromatic heterocycles. The molecule has 4 nitrogen and oxygen atoms in total. The lowest BCUT2D eigenvalue weighted by Gasteiger charge is -2.09. The fourth-order valence-corrected chi connectivity index (χ4v) is 1.14. The number of rotatable bonds is 4. The Kier molecular flexibility index (Phi) is 4.21. The highest BCUT2D eigenvalue weighted by Gasteiger charge is 2.02. The van der Waals surface area contributed by atoms with Gasteiger partial charge in [-0.3, -0.25) is 9.63 Å². The monoisotopic (exact) mass is 182 g/mol. The van der Waals surface area contributed by atoms with E-state index in [4.69, 9.17) is 5.90 Å². The third-order valence-corrected chi connectivity index (χ3v) is 1.83. The molecule has 0 atom stereocenters. The van der Waals surface area contributed by atoms with Gasteiger partial charge >= 0.3 is 0 Å². The molecule has 0 saturated heterocycles. The second-order valence-electron chi connectivity index (χ2n) is 2.88. The smallest absolute Gasteiger partial charge is 0.248 e. The van der Waals surface area contributed by atoms with Gasteiger partial charge in [-0.05, 0) is 12.8 Å². The molecular weight excluding hydrogens is 168 g/mol. The molecule has 0 unspecified atom stereocenters. The largest absolute Gasteiger partial charge is 0.350 e. The van der Waals surface area contributed by atoms with E-state index in [1.165, 1.54) is 5.57 Å². The summed E-state index contributed by atoms with van der Waals surface area (Å²) >= 11 is 0. The van der Waals surface area contributed by atoms with Gasteiger partial charge in [-0.15, -0.1) is 0 Å². The van der Waals surface area contributed by atoms with Crippen molar-refractivity contribution in [3.05, 3.63) is 23.8 Å². The molecule has 0 aromatic carbocycles. The number of amides is 1. The summed E-state index contributed by atoms with van der Waals surface area (Å²) in [4.78, 5) is 15.1. The summed E-state index contributed by atoms with van der Waals surface area (Å²) in [5, 5.41) is 2.71. The molecule has 0 saturated carbocycles. The zero-order valence-corrected chi connectivity index (χ0v) is 7.45. The molecule has 1 rings (SSSR count). The standard InChI is InChI=1S/C9H14N2O2/c10-13-7-9(12)11-6-8-4-2-1-3-5-8/h1-2,4H,3,5-7,10H2,(H,11,12). The molecule has 13 heavy (non-hydrogen) atoms. The van der Waals surface area contributed by atoms with Gasteiger partial charge in [0, 0.05) is 6.54 Å². The SMILES string of the molecule is NOCC(=O)NCC1=CC=CCC1. The molecular formula is C9H14N2O2. The molecule has 72 valence electrons. The van der Waals surface area contributed by atoms with Gasteiger partial charge in [0.05, 0.1) is 0 Å². The molecule has 4 heteroatoms. The van der Waals surface area contributed by atoms with Crippen molar-refractivity contribution in [1.82, 2.24) is 5.32 Å². The van der Waals surface area contributed by atoms with Crippen LogP contribution in [0.5, 0.6) is 0 Å². The van der Waals surface area contributed by atoms with Crippen LogP contribution in [-0.4, -0.2) is 19.1 Å². The van der Waals surface area contributed by atoms with Gasteiger partial charge in [0.15, 0.2) is 0 Å². The zero-order chi connectivity index (χ0) is 9.52. The van der Waals surface area contributed by atoms with E-state index in [9.17, 15) is 4.79 Å². The first kappa shape index (κ1) is 9.95. The number of allylic oxidation sites excluding steroid dienone is 3. The average molecular weight is 182 g/mol. The normalized spacial score (nSPS) is 15.3. The Balaban J connectivity index is 2.21. The van der Waals surface area contributed by atoms with E-state index < -0.39 is 0 Å². The number of carbonyl (C=O) groups excluding carboxylic acids is 1. The molecule has 1 aliphatic rings. The number of hydrogen-bond acceptors (Lipinski definition) is 3. The van der Waals surface area contributed by atoms with Crippen LogP contribution in [0, 0.1) is 0 Å². The summed E-state index contributed by atoms with van der Waals surface area (Å²) in [5.41, 5.74) is 1.23. The van der Waals surface area contributed by atoms with E-state index in [-0.39, 0.29) is 12.5 Å². The van der Waals surface area contributed by atoms with Crippen molar-refractivity contribution >= 4 is 5.91 Å². The van der Waals surface area contributed by atoms with Crippen molar-refractivity contribution in [2.24, 2.45) is 5.90 Å². The Hall–Kier alpha value is -1.13. The summed E-state index contributed by atoms with van der Waals surface area (Å²) in [7, 11) is 0. The fraction of sp³-hybridized carbons (Fsp3) is 0.444. The first-order chi connectivity index (χ1) is 6.33. The minimum Gasteiger partial charge on any atom is -0.350 e. The Morgan fingerprint density at radius 2 is 2.54 bits per heavy atom. The van der Waals surface area contributed by atoms with Crippen LogP contribution in [0.3, 0.4) is 0 Å². The van der Waals surface area contributed by atoms with Crippen LogP contribution in [0.25, 0.3) is 0 Å². The molecule has 0 spiro atoms. The van der Waals surface area contributed by atoms with Crippen molar-refractivity contribution in [2.75, 3.05) is 13.2 Å². The minimum absolute atomic E-state index is 0.0802. The van der Waals surface area contributed by atoms with Crippen molar-refractivity contribution in [3.63, 3.8) is 0 Å². The molecule has 0 heterocycles. The van der Waals surface area contributed by atoms with E-state index in [1.54, 1.807) is 0 Å². The molecule has 0 radical (unpaired) electrons. The summed E-state index contributed by atoms with van der Waals surface area (Å²) in [5.74, 6) is 4.57. The van der Waals surface area contributed by atoms with E-state index in [2.05, 4.69) is 16.2 Å². The van der Waals surface area contributed by atoms with Crippen LogP contribution in [0.1, 0.15) is 12.8 Å². The van der Waals surface area contributed by atoms with E-state index in [0.717, 1.165) is 12.8 Å². The van der Waals surface area contributed by atoms with Crippen molar-refractivity contribution in [3.8, 4) is 0 Å². The number of nitrogens with two attached hydrogens (primary N) is 1. The van der Waals surface area contributed by atoms with Gasteiger partial charge in [-0.2, -0.15) is 0 Å². The first-order valence-corrected chi connectivity index (χ1v) is 4.26. The van der Waals surface area contributed by atoms with Crippen LogP contribution < -0.4 is 11.2 Å². The Morgan fingerprint density at radius 1 is 1.69 bits per heavy atom. The summed E-state index contributed by atoms with van der Waals surface area (Å²) in [6, 6.07) is 0. The van der Waals surface area contributed by atoms with E-state index >= 15 is 0 Å². The maximum Gasteiger partial charge on any atom is 0.248 e. The number of carbonyl (C=O) groups is 1. The van der Waals surface area contributed by atoms with Gasteiger partial charge in [0.1, 0.15) is 6.61 Å². The predicted molar refractivity (Wildman–Crippen MR) is 49.6 cm³/mol. The van der Waals surface area contributed by atoms with Gasteiger partial charge in [0.25, 0.3) is 0 Å². The summed E-state index contributed by atoms with van der Waals surface area (Å²) in [6.07, 6.45) is 8.20. The summed E-state index contributed by atoms with van der Waals surface area (Å²) in [6.45, 7) is 0.510. The number of hydrogen-bond donors (Lipinski definition) is 2. The van der Waals surface area contributed by atoms with Crippen molar-refractivity contribution < 1.29 is 9.63 Å². The Morgan fingerprint density at radius 3 is 3.15 bits per heavy atom. The van der Waals surface area contributed by atoms with Crippen molar-refractivity contribution in [1.29, 1.82) is 0 Å². The maximum absolute atomic E-state index is 10.9. The topological polar surface area (TPSA) is 64.3 Å². The third-order valence-electron chi connectivity index (χ3n) is 1.83. The lowest BCUT2D eigenvalue weighted by atomic mass is 10.1. The second-order valence-corrected chi connectivity index (χ2v) is 2.88. The second kappa shape index (κ2) is 5.50. The molecule has 0 fully saturated rings. The van der Waals surface area contributed by atoms with Crippen molar-refractivity contribution in [2.45, 2.75) is 12.8 Å². The summed E-state index contributed by atoms with van der Waals surface area (Å²) < 4.78 is 0. The number of nitrogens with one attached hydrogen (secondary N) is 1. The van der Waals surface area contributed by atoms with Crippen LogP contribution >= 0.6 is 0 Å². The van der Waals surface area contributed by atoms with Crippen LogP contribution in [0.15, 0.2) is 23.8 Å². The molecule has 1 amide bonds. The quantitative estimate of drug-likeness (QED) is 0.613. The van der Waals surface area contributed by atoms with Gasteiger partial charge in [-0.25, -0.2) is 5.90 Å². The fourth-order valence-electron chi connectivity index (χ4n) is 1.14. The van der Waals surface area contributed by atoms with Gasteiger partial charge in [0.2, 0.25) is 5.91 Å². The van der Waals surface area contributed by atoms with Crippen LogP contribution in [-0.2, 0) is 9.63 Å². The molecule has 0 aliphatic heterocycles. The first-order valence-electron chi connectivity index (χ1n) is 4.26.